The van der Waals surface area contributed by atoms with Gasteiger partial charge in [-0.25, -0.2) is 14.6 Å². The van der Waals surface area contributed by atoms with E-state index in [0.29, 0.717) is 34.3 Å². The van der Waals surface area contributed by atoms with Crippen molar-refractivity contribution >= 4 is 32.8 Å². The molecule has 0 aromatic carbocycles. The van der Waals surface area contributed by atoms with Gasteiger partial charge in [-0.1, -0.05) is 6.42 Å². The van der Waals surface area contributed by atoms with Gasteiger partial charge in [0.25, 0.3) is 0 Å². The monoisotopic (exact) mass is 377 g/mol. The smallest absolute Gasteiger partial charge is 0.367 e. The predicted molar refractivity (Wildman–Crippen MR) is 79.4 cm³/mol. The molecule has 1 fully saturated rings. The number of hydrogen-bond donors (Lipinski definition) is 1. The van der Waals surface area contributed by atoms with Crippen LogP contribution >= 0.6 is 15.9 Å². The van der Waals surface area contributed by atoms with Gasteiger partial charge in [-0.05, 0) is 35.2 Å². The minimum absolute atomic E-state index is 0.0763. The average Bonchev–Trinajstić information content (AvgIpc) is 2.74. The fraction of sp³-hybridized carbons (Fsp3) is 0.615. The van der Waals surface area contributed by atoms with Crippen LogP contribution in [0.1, 0.15) is 25.7 Å². The number of alkyl halides is 3. The summed E-state index contributed by atoms with van der Waals surface area (Å²) in [7, 11) is 1.75. The Morgan fingerprint density at radius 1 is 1.32 bits per heavy atom. The Morgan fingerprint density at radius 3 is 2.82 bits per heavy atom. The fourth-order valence-corrected chi connectivity index (χ4v) is 3.56. The molecule has 2 heterocycles. The fourth-order valence-electron chi connectivity index (χ4n) is 2.96. The molecule has 120 valence electrons. The molecule has 0 radical (unpaired) electrons. The van der Waals surface area contributed by atoms with E-state index in [1.807, 2.05) is 0 Å². The lowest BCUT2D eigenvalue weighted by atomic mass is 9.85. The summed E-state index contributed by atoms with van der Waals surface area (Å²) in [5, 5.41) is 8.05. The Bertz CT molecular complexity index is 684. The lowest BCUT2D eigenvalue weighted by molar-refractivity contribution is -0.182. The number of aryl methyl sites for hydroxylation is 1. The van der Waals surface area contributed by atoms with E-state index < -0.39 is 12.1 Å². The van der Waals surface area contributed by atoms with E-state index in [1.54, 1.807) is 11.7 Å². The molecule has 22 heavy (non-hydrogen) atoms. The van der Waals surface area contributed by atoms with Crippen LogP contribution in [0.3, 0.4) is 0 Å². The van der Waals surface area contributed by atoms with E-state index >= 15 is 0 Å². The maximum absolute atomic E-state index is 12.9. The molecule has 0 aliphatic heterocycles. The summed E-state index contributed by atoms with van der Waals surface area (Å²) >= 11 is 3.35. The molecule has 0 amide bonds. The van der Waals surface area contributed by atoms with Gasteiger partial charge in [-0.3, -0.25) is 0 Å². The van der Waals surface area contributed by atoms with Crippen LogP contribution in [-0.2, 0) is 7.05 Å². The van der Waals surface area contributed by atoms with Crippen molar-refractivity contribution in [3.8, 4) is 0 Å². The first kappa shape index (κ1) is 15.5. The summed E-state index contributed by atoms with van der Waals surface area (Å²) in [6.07, 6.45) is -1.19. The van der Waals surface area contributed by atoms with Gasteiger partial charge in [0, 0.05) is 13.1 Å². The molecule has 1 N–H and O–H groups in total. The van der Waals surface area contributed by atoms with Crippen molar-refractivity contribution in [1.29, 1.82) is 0 Å². The molecule has 5 nitrogen and oxygen atoms in total. The number of nitrogens with one attached hydrogen (secondary N) is 1. The number of fused-ring (bicyclic) bond motifs is 1. The van der Waals surface area contributed by atoms with Gasteiger partial charge in [0.05, 0.1) is 11.3 Å². The predicted octanol–water partition coefficient (Wildman–Crippen LogP) is 3.66. The molecule has 1 aliphatic carbocycles. The molecule has 0 saturated heterocycles. The van der Waals surface area contributed by atoms with Gasteiger partial charge in [0.15, 0.2) is 5.65 Å². The number of rotatable bonds is 2. The second-order valence-corrected chi connectivity index (χ2v) is 6.33. The molecule has 1 aliphatic rings. The molecule has 2 atom stereocenters. The van der Waals surface area contributed by atoms with Crippen molar-refractivity contribution in [1.82, 2.24) is 19.7 Å². The highest BCUT2D eigenvalue weighted by molar-refractivity contribution is 9.10. The third kappa shape index (κ3) is 2.90. The van der Waals surface area contributed by atoms with Crippen molar-refractivity contribution < 1.29 is 13.2 Å². The number of anilines is 1. The SMILES string of the molecule is Cn1nc(Br)c2c(NC3CCCC(C(F)(F)F)C3)ncnc21. The summed E-state index contributed by atoms with van der Waals surface area (Å²) in [6, 6.07) is -0.245. The molecular weight excluding hydrogens is 363 g/mol. The number of hydrogen-bond acceptors (Lipinski definition) is 4. The standard InChI is InChI=1S/C13H15BrF3N5/c1-22-12-9(10(14)21-22)11(18-6-19-12)20-8-4-2-3-7(5-8)13(15,16)17/h6-8H,2-5H2,1H3,(H,18,19,20). The Hall–Kier alpha value is -1.38. The maximum Gasteiger partial charge on any atom is 0.391 e. The number of aromatic nitrogens is 4. The van der Waals surface area contributed by atoms with Gasteiger partial charge < -0.3 is 5.32 Å². The number of nitrogens with zero attached hydrogens (tertiary/aromatic N) is 4. The molecule has 2 aromatic rings. The van der Waals surface area contributed by atoms with E-state index in [1.165, 1.54) is 6.33 Å². The van der Waals surface area contributed by atoms with Gasteiger partial charge in [0.2, 0.25) is 0 Å². The summed E-state index contributed by atoms with van der Waals surface area (Å²) in [6.45, 7) is 0. The minimum Gasteiger partial charge on any atom is -0.367 e. The molecule has 9 heteroatoms. The highest BCUT2D eigenvalue weighted by Crippen LogP contribution is 2.39. The topological polar surface area (TPSA) is 55.6 Å². The zero-order valence-electron chi connectivity index (χ0n) is 11.9. The van der Waals surface area contributed by atoms with Crippen molar-refractivity contribution in [3.05, 3.63) is 10.9 Å². The first-order chi connectivity index (χ1) is 10.4. The molecule has 3 rings (SSSR count). The molecule has 1 saturated carbocycles. The largest absolute Gasteiger partial charge is 0.391 e. The normalized spacial score (nSPS) is 23.0. The van der Waals surface area contributed by atoms with Gasteiger partial charge >= 0.3 is 6.18 Å². The van der Waals surface area contributed by atoms with Gasteiger partial charge in [-0.15, -0.1) is 0 Å². The van der Waals surface area contributed by atoms with Crippen LogP contribution in [0.2, 0.25) is 0 Å². The van der Waals surface area contributed by atoms with E-state index in [2.05, 4.69) is 36.3 Å². The third-order valence-corrected chi connectivity index (χ3v) is 4.61. The summed E-state index contributed by atoms with van der Waals surface area (Å²) < 4.78 is 40.9. The zero-order valence-corrected chi connectivity index (χ0v) is 13.4. The Morgan fingerprint density at radius 2 is 2.09 bits per heavy atom. The summed E-state index contributed by atoms with van der Waals surface area (Å²) in [4.78, 5) is 8.32. The second-order valence-electron chi connectivity index (χ2n) is 5.58. The van der Waals surface area contributed by atoms with Crippen LogP contribution in [0, 0.1) is 5.92 Å². The van der Waals surface area contributed by atoms with Crippen LogP contribution in [0.4, 0.5) is 19.0 Å². The van der Waals surface area contributed by atoms with Crippen molar-refractivity contribution in [2.45, 2.75) is 37.9 Å². The van der Waals surface area contributed by atoms with Gasteiger partial charge in [0.1, 0.15) is 16.7 Å². The van der Waals surface area contributed by atoms with Crippen LogP contribution in [0.15, 0.2) is 10.9 Å². The number of halogens is 4. The highest BCUT2D eigenvalue weighted by Gasteiger charge is 2.42. The average molecular weight is 378 g/mol. The quantitative estimate of drug-likeness (QED) is 0.867. The van der Waals surface area contributed by atoms with Crippen LogP contribution in [-0.4, -0.2) is 32.0 Å². The minimum atomic E-state index is -4.13. The molecule has 0 bridgehead atoms. The van der Waals surface area contributed by atoms with Crippen molar-refractivity contribution in [3.63, 3.8) is 0 Å². The first-order valence-electron chi connectivity index (χ1n) is 7.02. The Balaban J connectivity index is 1.84. The summed E-state index contributed by atoms with van der Waals surface area (Å²) in [5.74, 6) is -0.716. The van der Waals surface area contributed by atoms with Crippen molar-refractivity contribution in [2.75, 3.05) is 5.32 Å². The Labute approximate surface area is 133 Å². The molecule has 0 spiro atoms. The van der Waals surface area contributed by atoms with E-state index in [4.69, 9.17) is 0 Å². The van der Waals surface area contributed by atoms with Crippen LogP contribution in [0.25, 0.3) is 11.0 Å². The lowest BCUT2D eigenvalue weighted by Crippen LogP contribution is -2.34. The molecule has 2 unspecified atom stereocenters. The van der Waals surface area contributed by atoms with Crippen LogP contribution in [0.5, 0.6) is 0 Å². The van der Waals surface area contributed by atoms with Gasteiger partial charge in [-0.2, -0.15) is 18.3 Å². The molecular formula is C13H15BrF3N5. The maximum atomic E-state index is 12.9. The third-order valence-electron chi connectivity index (χ3n) is 4.06. The van der Waals surface area contributed by atoms with E-state index in [9.17, 15) is 13.2 Å². The second kappa shape index (κ2) is 5.68. The lowest BCUT2D eigenvalue weighted by Gasteiger charge is -2.31. The Kier molecular flexibility index (Phi) is 4.00. The highest BCUT2D eigenvalue weighted by atomic mass is 79.9. The van der Waals surface area contributed by atoms with E-state index in [-0.39, 0.29) is 18.9 Å². The van der Waals surface area contributed by atoms with Crippen molar-refractivity contribution in [2.24, 2.45) is 13.0 Å². The van der Waals surface area contributed by atoms with E-state index in [0.717, 1.165) is 0 Å². The zero-order chi connectivity index (χ0) is 15.9. The summed E-state index contributed by atoms with van der Waals surface area (Å²) in [5.41, 5.74) is 0.632. The first-order valence-corrected chi connectivity index (χ1v) is 7.82. The molecule has 2 aromatic heterocycles. The van der Waals surface area contributed by atoms with Crippen LogP contribution < -0.4 is 5.32 Å².